The Balaban J connectivity index is 1.41. The summed E-state index contributed by atoms with van der Waals surface area (Å²) in [5.74, 6) is 0.456. The Hall–Kier alpha value is -1.52. The van der Waals surface area contributed by atoms with E-state index in [1.165, 1.54) is 5.56 Å². The van der Waals surface area contributed by atoms with E-state index in [2.05, 4.69) is 28.9 Å². The Kier molecular flexibility index (Phi) is 5.80. The molecule has 2 saturated heterocycles. The van der Waals surface area contributed by atoms with Crippen molar-refractivity contribution in [1.29, 1.82) is 0 Å². The van der Waals surface area contributed by atoms with E-state index < -0.39 is 0 Å². The molecule has 2 amide bonds. The van der Waals surface area contributed by atoms with E-state index in [9.17, 15) is 4.79 Å². The lowest BCUT2D eigenvalue weighted by Gasteiger charge is -2.33. The topological polar surface area (TPSA) is 35.6 Å². The molecule has 1 atom stereocenters. The number of hydrogen-bond acceptors (Lipinski definition) is 2. The summed E-state index contributed by atoms with van der Waals surface area (Å²) in [5, 5.41) is 3.98. The number of rotatable bonds is 4. The SMILES string of the molecule is C=CC1CCN(C(=O)NC2CCN(Cc3ccc(Cl)cc3)CC2)C1. The maximum Gasteiger partial charge on any atom is 0.317 e. The third kappa shape index (κ3) is 4.52. The average Bonchev–Trinajstić information content (AvgIpc) is 3.08. The molecular formula is C19H26ClN3O. The third-order valence-corrected chi connectivity index (χ3v) is 5.33. The minimum Gasteiger partial charge on any atom is -0.335 e. The van der Waals surface area contributed by atoms with Gasteiger partial charge in [0, 0.05) is 43.8 Å². The maximum absolute atomic E-state index is 12.3. The fourth-order valence-corrected chi connectivity index (χ4v) is 3.64. The molecule has 1 aromatic rings. The van der Waals surface area contributed by atoms with Gasteiger partial charge < -0.3 is 10.2 Å². The molecular weight excluding hydrogens is 322 g/mol. The lowest BCUT2D eigenvalue weighted by atomic mass is 10.0. The van der Waals surface area contributed by atoms with Gasteiger partial charge in [-0.25, -0.2) is 4.79 Å². The smallest absolute Gasteiger partial charge is 0.317 e. The number of halogens is 1. The fraction of sp³-hybridized carbons (Fsp3) is 0.526. The van der Waals surface area contributed by atoms with Crippen molar-refractivity contribution < 1.29 is 4.79 Å². The molecule has 2 fully saturated rings. The van der Waals surface area contributed by atoms with E-state index >= 15 is 0 Å². The van der Waals surface area contributed by atoms with Gasteiger partial charge in [0.25, 0.3) is 0 Å². The lowest BCUT2D eigenvalue weighted by molar-refractivity contribution is 0.173. The van der Waals surface area contributed by atoms with Gasteiger partial charge in [0.1, 0.15) is 0 Å². The summed E-state index contributed by atoms with van der Waals surface area (Å²) in [6.45, 7) is 8.47. The molecule has 1 aromatic carbocycles. The number of likely N-dealkylation sites (tertiary alicyclic amines) is 2. The van der Waals surface area contributed by atoms with Crippen LogP contribution in [0.4, 0.5) is 4.79 Å². The van der Waals surface area contributed by atoms with Crippen molar-refractivity contribution in [3.63, 3.8) is 0 Å². The van der Waals surface area contributed by atoms with Gasteiger partial charge in [0.2, 0.25) is 0 Å². The summed E-state index contributed by atoms with van der Waals surface area (Å²) in [6, 6.07) is 8.43. The Bertz CT molecular complexity index is 566. The van der Waals surface area contributed by atoms with Crippen LogP contribution in [0.3, 0.4) is 0 Å². The van der Waals surface area contributed by atoms with Crippen LogP contribution in [-0.4, -0.2) is 48.1 Å². The van der Waals surface area contributed by atoms with E-state index in [4.69, 9.17) is 11.6 Å². The Morgan fingerprint density at radius 2 is 1.92 bits per heavy atom. The van der Waals surface area contributed by atoms with Crippen molar-refractivity contribution in [3.8, 4) is 0 Å². The van der Waals surface area contributed by atoms with Crippen LogP contribution in [0.5, 0.6) is 0 Å². The third-order valence-electron chi connectivity index (χ3n) is 5.08. The second-order valence-electron chi connectivity index (χ2n) is 6.86. The van der Waals surface area contributed by atoms with Crippen molar-refractivity contribution >= 4 is 17.6 Å². The van der Waals surface area contributed by atoms with E-state index in [1.807, 2.05) is 23.1 Å². The van der Waals surface area contributed by atoms with Gasteiger partial charge in [-0.3, -0.25) is 4.90 Å². The van der Waals surface area contributed by atoms with Crippen LogP contribution < -0.4 is 5.32 Å². The van der Waals surface area contributed by atoms with Crippen molar-refractivity contribution in [2.45, 2.75) is 31.8 Å². The number of piperidine rings is 1. The van der Waals surface area contributed by atoms with E-state index in [0.717, 1.165) is 57.0 Å². The molecule has 1 unspecified atom stereocenters. The highest BCUT2D eigenvalue weighted by molar-refractivity contribution is 6.30. The predicted octanol–water partition coefficient (Wildman–Crippen LogP) is 3.52. The highest BCUT2D eigenvalue weighted by Gasteiger charge is 2.27. The van der Waals surface area contributed by atoms with Crippen LogP contribution in [0.1, 0.15) is 24.8 Å². The largest absolute Gasteiger partial charge is 0.335 e. The summed E-state index contributed by atoms with van der Waals surface area (Å²) >= 11 is 5.93. The first-order valence-corrected chi connectivity index (χ1v) is 9.16. The second-order valence-corrected chi connectivity index (χ2v) is 7.29. The Morgan fingerprint density at radius 1 is 1.21 bits per heavy atom. The monoisotopic (exact) mass is 347 g/mol. The zero-order valence-electron chi connectivity index (χ0n) is 14.1. The van der Waals surface area contributed by atoms with Crippen molar-refractivity contribution in [2.75, 3.05) is 26.2 Å². The molecule has 24 heavy (non-hydrogen) atoms. The minimum atomic E-state index is 0.0931. The fourth-order valence-electron chi connectivity index (χ4n) is 3.51. The molecule has 2 aliphatic heterocycles. The Labute approximate surface area is 149 Å². The van der Waals surface area contributed by atoms with E-state index in [1.54, 1.807) is 0 Å². The zero-order valence-corrected chi connectivity index (χ0v) is 14.8. The van der Waals surface area contributed by atoms with Crippen LogP contribution in [0.2, 0.25) is 5.02 Å². The number of urea groups is 1. The molecule has 5 heteroatoms. The molecule has 0 aromatic heterocycles. The molecule has 0 radical (unpaired) electrons. The van der Waals surface area contributed by atoms with Gasteiger partial charge in [0.05, 0.1) is 0 Å². The number of amides is 2. The standard InChI is InChI=1S/C19H26ClN3O/c1-2-15-7-12-23(14-15)19(24)21-18-8-10-22(11-9-18)13-16-3-5-17(20)6-4-16/h2-6,15,18H,1,7-14H2,(H,21,24). The molecule has 2 aliphatic rings. The van der Waals surface area contributed by atoms with Crippen molar-refractivity contribution in [3.05, 3.63) is 47.5 Å². The van der Waals surface area contributed by atoms with Crippen molar-refractivity contribution in [1.82, 2.24) is 15.1 Å². The number of carbonyl (C=O) groups is 1. The normalized spacial score (nSPS) is 22.5. The summed E-state index contributed by atoms with van der Waals surface area (Å²) in [7, 11) is 0. The van der Waals surface area contributed by atoms with E-state index in [-0.39, 0.29) is 6.03 Å². The number of nitrogens with zero attached hydrogens (tertiary/aromatic N) is 2. The van der Waals surface area contributed by atoms with Crippen LogP contribution in [-0.2, 0) is 6.54 Å². The molecule has 3 rings (SSSR count). The first-order chi connectivity index (χ1) is 11.6. The highest BCUT2D eigenvalue weighted by atomic mass is 35.5. The van der Waals surface area contributed by atoms with E-state index in [0.29, 0.717) is 12.0 Å². The van der Waals surface area contributed by atoms with Gasteiger partial charge in [-0.2, -0.15) is 0 Å². The summed E-state index contributed by atoms with van der Waals surface area (Å²) < 4.78 is 0. The minimum absolute atomic E-state index is 0.0931. The van der Waals surface area contributed by atoms with Crippen LogP contribution in [0, 0.1) is 5.92 Å². The quantitative estimate of drug-likeness (QED) is 0.846. The molecule has 130 valence electrons. The van der Waals surface area contributed by atoms with Crippen LogP contribution in [0.25, 0.3) is 0 Å². The van der Waals surface area contributed by atoms with Crippen LogP contribution in [0.15, 0.2) is 36.9 Å². The number of hydrogen-bond donors (Lipinski definition) is 1. The molecule has 0 bridgehead atoms. The average molecular weight is 348 g/mol. The first kappa shape index (κ1) is 17.3. The highest BCUT2D eigenvalue weighted by Crippen LogP contribution is 2.19. The summed E-state index contributed by atoms with van der Waals surface area (Å²) in [5.41, 5.74) is 1.29. The van der Waals surface area contributed by atoms with Gasteiger partial charge in [-0.15, -0.1) is 6.58 Å². The second kappa shape index (κ2) is 8.04. The molecule has 0 saturated carbocycles. The predicted molar refractivity (Wildman–Crippen MR) is 98.2 cm³/mol. The Morgan fingerprint density at radius 3 is 2.54 bits per heavy atom. The molecule has 4 nitrogen and oxygen atoms in total. The lowest BCUT2D eigenvalue weighted by Crippen LogP contribution is -2.48. The molecule has 2 heterocycles. The number of nitrogens with one attached hydrogen (secondary N) is 1. The number of carbonyl (C=O) groups excluding carboxylic acids is 1. The molecule has 0 aliphatic carbocycles. The number of benzene rings is 1. The maximum atomic E-state index is 12.3. The molecule has 1 N–H and O–H groups in total. The van der Waals surface area contributed by atoms with Gasteiger partial charge in [-0.05, 0) is 42.9 Å². The first-order valence-electron chi connectivity index (χ1n) is 8.79. The summed E-state index contributed by atoms with van der Waals surface area (Å²) in [6.07, 6.45) is 5.02. The summed E-state index contributed by atoms with van der Waals surface area (Å²) in [4.78, 5) is 16.7. The van der Waals surface area contributed by atoms with Gasteiger partial charge >= 0.3 is 6.03 Å². The zero-order chi connectivity index (χ0) is 16.9. The van der Waals surface area contributed by atoms with Crippen LogP contribution >= 0.6 is 11.6 Å². The molecule has 0 spiro atoms. The van der Waals surface area contributed by atoms with Crippen molar-refractivity contribution in [2.24, 2.45) is 5.92 Å². The van der Waals surface area contributed by atoms with Gasteiger partial charge in [0.15, 0.2) is 0 Å². The van der Waals surface area contributed by atoms with Gasteiger partial charge in [-0.1, -0.05) is 29.8 Å².